The summed E-state index contributed by atoms with van der Waals surface area (Å²) in [6.07, 6.45) is 0.317. The zero-order chi connectivity index (χ0) is 24.3. The van der Waals surface area contributed by atoms with Crippen molar-refractivity contribution in [3.05, 3.63) is 77.9 Å². The van der Waals surface area contributed by atoms with Crippen molar-refractivity contribution in [2.75, 3.05) is 28.4 Å². The van der Waals surface area contributed by atoms with Gasteiger partial charge in [-0.3, -0.25) is 0 Å². The van der Waals surface area contributed by atoms with Gasteiger partial charge in [0, 0.05) is 29.7 Å². The molecule has 0 fully saturated rings. The molecule has 0 spiro atoms. The van der Waals surface area contributed by atoms with Gasteiger partial charge in [0.2, 0.25) is 0 Å². The predicted molar refractivity (Wildman–Crippen MR) is 128 cm³/mol. The summed E-state index contributed by atoms with van der Waals surface area (Å²) in [5.74, 6) is 2.28. The summed E-state index contributed by atoms with van der Waals surface area (Å²) in [6.45, 7) is 0. The Balaban J connectivity index is 1.86. The molecule has 0 amide bonds. The number of hydrogen-bond donors (Lipinski definition) is 0. The van der Waals surface area contributed by atoms with E-state index in [9.17, 15) is 8.42 Å². The first-order valence-electron chi connectivity index (χ1n) is 10.5. The maximum atomic E-state index is 13.7. The summed E-state index contributed by atoms with van der Waals surface area (Å²) in [6, 6.07) is 18.3. The SMILES string of the molecule is COc1ccc(C2=NN(S(=O)(=O)c3ccccc3)[C@@H](c3ccc(OC)cc3OC)C2)c(OC)c1. The summed E-state index contributed by atoms with van der Waals surface area (Å²) in [5.41, 5.74) is 1.93. The van der Waals surface area contributed by atoms with Crippen LogP contribution < -0.4 is 18.9 Å². The van der Waals surface area contributed by atoms with Gasteiger partial charge in [-0.15, -0.1) is 0 Å². The van der Waals surface area contributed by atoms with Gasteiger partial charge in [-0.25, -0.2) is 0 Å². The Labute approximate surface area is 199 Å². The Morgan fingerprint density at radius 1 is 0.794 bits per heavy atom. The molecule has 1 atom stereocenters. The highest BCUT2D eigenvalue weighted by molar-refractivity contribution is 7.89. The molecule has 1 aliphatic rings. The number of methoxy groups -OCH3 is 4. The van der Waals surface area contributed by atoms with Crippen molar-refractivity contribution in [2.45, 2.75) is 17.4 Å². The molecule has 0 saturated heterocycles. The van der Waals surface area contributed by atoms with E-state index in [2.05, 4.69) is 5.10 Å². The molecule has 178 valence electrons. The summed E-state index contributed by atoms with van der Waals surface area (Å²) < 4.78 is 50.3. The second-order valence-corrected chi connectivity index (χ2v) is 9.33. The molecule has 8 nitrogen and oxygen atoms in total. The number of sulfonamides is 1. The van der Waals surface area contributed by atoms with Crippen LogP contribution in [0, 0.1) is 0 Å². The van der Waals surface area contributed by atoms with Crippen molar-refractivity contribution < 1.29 is 27.4 Å². The Bertz CT molecular complexity index is 1310. The zero-order valence-electron chi connectivity index (χ0n) is 19.4. The average Bonchev–Trinajstić information content (AvgIpc) is 3.34. The molecule has 0 aromatic heterocycles. The molecular formula is C25H26N2O6S. The van der Waals surface area contributed by atoms with Gasteiger partial charge in [0.25, 0.3) is 10.0 Å². The Morgan fingerprint density at radius 3 is 2.03 bits per heavy atom. The lowest BCUT2D eigenvalue weighted by atomic mass is 9.97. The number of rotatable bonds is 8. The molecule has 4 rings (SSSR count). The van der Waals surface area contributed by atoms with Crippen molar-refractivity contribution in [3.8, 4) is 23.0 Å². The van der Waals surface area contributed by atoms with E-state index in [1.807, 2.05) is 6.07 Å². The number of benzene rings is 3. The first kappa shape index (κ1) is 23.4. The van der Waals surface area contributed by atoms with Gasteiger partial charge < -0.3 is 18.9 Å². The van der Waals surface area contributed by atoms with Gasteiger partial charge in [-0.1, -0.05) is 18.2 Å². The van der Waals surface area contributed by atoms with E-state index in [4.69, 9.17) is 18.9 Å². The van der Waals surface area contributed by atoms with Crippen molar-refractivity contribution in [1.82, 2.24) is 4.41 Å². The van der Waals surface area contributed by atoms with Gasteiger partial charge in [0.1, 0.15) is 23.0 Å². The predicted octanol–water partition coefficient (Wildman–Crippen LogP) is 4.26. The number of ether oxygens (including phenoxy) is 4. The Morgan fingerprint density at radius 2 is 1.41 bits per heavy atom. The van der Waals surface area contributed by atoms with Crippen LogP contribution in [0.2, 0.25) is 0 Å². The third-order valence-electron chi connectivity index (χ3n) is 5.68. The van der Waals surface area contributed by atoms with Crippen molar-refractivity contribution in [3.63, 3.8) is 0 Å². The monoisotopic (exact) mass is 482 g/mol. The van der Waals surface area contributed by atoms with Crippen molar-refractivity contribution in [1.29, 1.82) is 0 Å². The van der Waals surface area contributed by atoms with Gasteiger partial charge >= 0.3 is 0 Å². The number of nitrogens with zero attached hydrogens (tertiary/aromatic N) is 2. The molecule has 0 unspecified atom stereocenters. The standard InChI is InChI=1S/C25H26N2O6S/c1-30-17-10-12-20(24(14-17)32-3)22-16-23(21-13-11-18(31-2)15-25(21)33-4)27(26-22)34(28,29)19-8-6-5-7-9-19/h5-15,23H,16H2,1-4H3/t23-/m1/s1. The van der Waals surface area contributed by atoms with E-state index in [0.717, 1.165) is 4.41 Å². The average molecular weight is 483 g/mol. The van der Waals surface area contributed by atoms with Crippen LogP contribution in [0.3, 0.4) is 0 Å². The Hall–Kier alpha value is -3.72. The fraction of sp³-hybridized carbons (Fsp3) is 0.240. The molecule has 34 heavy (non-hydrogen) atoms. The smallest absolute Gasteiger partial charge is 0.279 e. The minimum Gasteiger partial charge on any atom is -0.497 e. The molecule has 1 aliphatic heterocycles. The van der Waals surface area contributed by atoms with Crippen LogP contribution in [0.1, 0.15) is 23.6 Å². The molecule has 3 aromatic carbocycles. The minimum absolute atomic E-state index is 0.152. The van der Waals surface area contributed by atoms with Crippen molar-refractivity contribution in [2.24, 2.45) is 5.10 Å². The molecule has 0 bridgehead atoms. The van der Waals surface area contributed by atoms with E-state index < -0.39 is 16.1 Å². The van der Waals surface area contributed by atoms with Crippen LogP contribution in [0.15, 0.2) is 76.7 Å². The van der Waals surface area contributed by atoms with Gasteiger partial charge in [-0.05, 0) is 36.4 Å². The summed E-state index contributed by atoms with van der Waals surface area (Å²) in [7, 11) is 2.27. The minimum atomic E-state index is -3.96. The summed E-state index contributed by atoms with van der Waals surface area (Å²) >= 11 is 0. The molecule has 0 radical (unpaired) electrons. The maximum Gasteiger partial charge on any atom is 0.279 e. The summed E-state index contributed by atoms with van der Waals surface area (Å²) in [5, 5.41) is 4.60. The topological polar surface area (TPSA) is 86.7 Å². The lowest BCUT2D eigenvalue weighted by molar-refractivity contribution is 0.347. The normalized spacial score (nSPS) is 15.6. The van der Waals surface area contributed by atoms with E-state index >= 15 is 0 Å². The quantitative estimate of drug-likeness (QED) is 0.477. The van der Waals surface area contributed by atoms with Crippen LogP contribution >= 0.6 is 0 Å². The molecule has 0 aliphatic carbocycles. The van der Waals surface area contributed by atoms with Crippen LogP contribution in [0.4, 0.5) is 0 Å². The molecule has 0 N–H and O–H groups in total. The van der Waals surface area contributed by atoms with E-state index in [1.165, 1.54) is 7.11 Å². The largest absolute Gasteiger partial charge is 0.497 e. The van der Waals surface area contributed by atoms with Crippen LogP contribution in [0.25, 0.3) is 0 Å². The van der Waals surface area contributed by atoms with E-state index in [-0.39, 0.29) is 4.90 Å². The first-order valence-corrected chi connectivity index (χ1v) is 12.0. The fourth-order valence-electron chi connectivity index (χ4n) is 3.94. The van der Waals surface area contributed by atoms with Gasteiger partial charge in [0.05, 0.1) is 45.1 Å². The zero-order valence-corrected chi connectivity index (χ0v) is 20.2. The molecule has 9 heteroatoms. The maximum absolute atomic E-state index is 13.7. The number of hydrazone groups is 1. The highest BCUT2D eigenvalue weighted by Gasteiger charge is 2.39. The second kappa shape index (κ2) is 9.64. The third kappa shape index (κ3) is 4.26. The van der Waals surface area contributed by atoms with Crippen LogP contribution in [-0.4, -0.2) is 47.0 Å². The Kier molecular flexibility index (Phi) is 6.65. The first-order chi connectivity index (χ1) is 16.4. The van der Waals surface area contributed by atoms with Crippen LogP contribution in [-0.2, 0) is 10.0 Å². The van der Waals surface area contributed by atoms with Gasteiger partial charge in [-0.2, -0.15) is 17.9 Å². The second-order valence-electron chi connectivity index (χ2n) is 7.53. The van der Waals surface area contributed by atoms with Crippen molar-refractivity contribution >= 4 is 15.7 Å². The lowest BCUT2D eigenvalue weighted by Gasteiger charge is -2.25. The third-order valence-corrected chi connectivity index (χ3v) is 7.38. The highest BCUT2D eigenvalue weighted by Crippen LogP contribution is 2.43. The van der Waals surface area contributed by atoms with Gasteiger partial charge in [0.15, 0.2) is 0 Å². The van der Waals surface area contributed by atoms with Crippen LogP contribution in [0.5, 0.6) is 23.0 Å². The van der Waals surface area contributed by atoms with E-state index in [1.54, 1.807) is 82.0 Å². The molecule has 1 heterocycles. The lowest BCUT2D eigenvalue weighted by Crippen LogP contribution is -2.27. The van der Waals surface area contributed by atoms with E-state index in [0.29, 0.717) is 46.3 Å². The molecule has 0 saturated carbocycles. The molecule has 3 aromatic rings. The number of hydrogen-bond acceptors (Lipinski definition) is 7. The fourth-order valence-corrected chi connectivity index (χ4v) is 5.38. The molecular weight excluding hydrogens is 456 g/mol. The highest BCUT2D eigenvalue weighted by atomic mass is 32.2. The summed E-state index contributed by atoms with van der Waals surface area (Å²) in [4.78, 5) is 0.152.